The number of primary amides is 1. The molecule has 0 saturated carbocycles. The van der Waals surface area contributed by atoms with Crippen LogP contribution in [0.3, 0.4) is 0 Å². The zero-order valence-corrected chi connectivity index (χ0v) is 11.2. The van der Waals surface area contributed by atoms with Gasteiger partial charge in [0, 0.05) is 12.6 Å². The summed E-state index contributed by atoms with van der Waals surface area (Å²) in [6.45, 7) is 4.16. The van der Waals surface area contributed by atoms with E-state index < -0.39 is 18.2 Å². The highest BCUT2D eigenvalue weighted by Crippen LogP contribution is 2.24. The number of carbonyl (C=O) groups excluding carboxylic acids is 1. The Morgan fingerprint density at radius 3 is 2.25 bits per heavy atom. The van der Waals surface area contributed by atoms with E-state index in [4.69, 9.17) is 5.73 Å². The quantitative estimate of drug-likeness (QED) is 0.843. The molecule has 0 aromatic heterocycles. The second kappa shape index (κ2) is 6.60. The molecular weight excluding hydrogens is 273 g/mol. The Bertz CT molecular complexity index is 444. The van der Waals surface area contributed by atoms with Crippen LogP contribution >= 0.6 is 0 Å². The number of hydrogen-bond acceptors (Lipinski definition) is 3. The van der Waals surface area contributed by atoms with Crippen LogP contribution in [-0.2, 0) is 4.79 Å². The van der Waals surface area contributed by atoms with Crippen LogP contribution in [0.25, 0.3) is 0 Å². The maximum atomic E-state index is 12.0. The van der Waals surface area contributed by atoms with Crippen molar-refractivity contribution in [1.82, 2.24) is 5.32 Å². The fourth-order valence-corrected chi connectivity index (χ4v) is 1.64. The van der Waals surface area contributed by atoms with Crippen molar-refractivity contribution >= 4 is 5.91 Å². The Kier molecular flexibility index (Phi) is 5.38. The minimum Gasteiger partial charge on any atom is -0.406 e. The molecule has 0 aliphatic rings. The summed E-state index contributed by atoms with van der Waals surface area (Å²) in [5.41, 5.74) is 5.85. The van der Waals surface area contributed by atoms with Crippen LogP contribution in [0.4, 0.5) is 13.2 Å². The molecule has 0 aliphatic carbocycles. The smallest absolute Gasteiger partial charge is 0.406 e. The lowest BCUT2D eigenvalue weighted by molar-refractivity contribution is -0.274. The van der Waals surface area contributed by atoms with Gasteiger partial charge < -0.3 is 15.8 Å². The number of halogens is 3. The van der Waals surface area contributed by atoms with Crippen molar-refractivity contribution in [3.63, 3.8) is 0 Å². The van der Waals surface area contributed by atoms with Gasteiger partial charge in [0.15, 0.2) is 0 Å². The third-order valence-corrected chi connectivity index (χ3v) is 2.59. The zero-order chi connectivity index (χ0) is 15.3. The molecule has 4 nitrogen and oxygen atoms in total. The summed E-state index contributed by atoms with van der Waals surface area (Å²) in [7, 11) is 0. The van der Waals surface area contributed by atoms with Crippen LogP contribution in [0.1, 0.15) is 25.3 Å². The van der Waals surface area contributed by atoms with Crippen LogP contribution in [0.2, 0.25) is 0 Å². The normalized spacial score (nSPS) is 13.3. The summed E-state index contributed by atoms with van der Waals surface area (Å²) < 4.78 is 39.9. The Morgan fingerprint density at radius 2 is 1.85 bits per heavy atom. The van der Waals surface area contributed by atoms with Gasteiger partial charge >= 0.3 is 6.36 Å². The average Bonchev–Trinajstić information content (AvgIpc) is 2.28. The molecule has 0 heterocycles. The van der Waals surface area contributed by atoms with Gasteiger partial charge in [-0.05, 0) is 17.7 Å². The van der Waals surface area contributed by atoms with E-state index in [0.717, 1.165) is 12.1 Å². The Morgan fingerprint density at radius 1 is 1.30 bits per heavy atom. The van der Waals surface area contributed by atoms with Gasteiger partial charge in [0.05, 0.1) is 5.92 Å². The summed E-state index contributed by atoms with van der Waals surface area (Å²) in [6, 6.07) is 5.30. The zero-order valence-electron chi connectivity index (χ0n) is 11.2. The lowest BCUT2D eigenvalue weighted by atomic mass is 9.98. The first-order valence-corrected chi connectivity index (χ1v) is 6.07. The number of nitrogens with two attached hydrogens (primary N) is 1. The first kappa shape index (κ1) is 16.3. The summed E-state index contributed by atoms with van der Waals surface area (Å²) in [5.74, 6) is -1.47. The fraction of sp³-hybridized carbons (Fsp3) is 0.462. The van der Waals surface area contributed by atoms with Crippen molar-refractivity contribution in [2.45, 2.75) is 32.2 Å². The average molecular weight is 290 g/mol. The van der Waals surface area contributed by atoms with Crippen LogP contribution in [0.15, 0.2) is 24.3 Å². The first-order chi connectivity index (χ1) is 9.19. The highest BCUT2D eigenvalue weighted by Gasteiger charge is 2.31. The second-order valence-corrected chi connectivity index (χ2v) is 4.63. The van der Waals surface area contributed by atoms with Crippen LogP contribution in [0.5, 0.6) is 5.75 Å². The van der Waals surface area contributed by atoms with E-state index in [2.05, 4.69) is 10.1 Å². The summed E-state index contributed by atoms with van der Waals surface area (Å²) in [5, 5.41) is 3.07. The molecule has 3 N–H and O–H groups in total. The van der Waals surface area contributed by atoms with Gasteiger partial charge in [0.25, 0.3) is 0 Å². The van der Waals surface area contributed by atoms with E-state index in [9.17, 15) is 18.0 Å². The van der Waals surface area contributed by atoms with Crippen molar-refractivity contribution in [2.24, 2.45) is 5.73 Å². The molecule has 1 atom stereocenters. The molecule has 112 valence electrons. The first-order valence-electron chi connectivity index (χ1n) is 6.07. The molecule has 1 aromatic rings. The number of amides is 1. The molecule has 0 unspecified atom stereocenters. The minimum atomic E-state index is -4.73. The van der Waals surface area contributed by atoms with Crippen molar-refractivity contribution in [2.75, 3.05) is 6.54 Å². The maximum Gasteiger partial charge on any atom is 0.573 e. The monoisotopic (exact) mass is 290 g/mol. The fourth-order valence-electron chi connectivity index (χ4n) is 1.64. The predicted octanol–water partition coefficient (Wildman–Crippen LogP) is 2.15. The third-order valence-electron chi connectivity index (χ3n) is 2.59. The van der Waals surface area contributed by atoms with Crippen molar-refractivity contribution < 1.29 is 22.7 Å². The topological polar surface area (TPSA) is 64.3 Å². The lowest BCUT2D eigenvalue weighted by Gasteiger charge is -2.17. The van der Waals surface area contributed by atoms with E-state index in [1.165, 1.54) is 12.1 Å². The molecule has 1 aromatic carbocycles. The van der Waals surface area contributed by atoms with E-state index in [1.54, 1.807) is 0 Å². The number of carbonyl (C=O) groups is 1. The van der Waals surface area contributed by atoms with Gasteiger partial charge in [-0.2, -0.15) is 0 Å². The van der Waals surface area contributed by atoms with E-state index in [0.29, 0.717) is 12.1 Å². The summed E-state index contributed by atoms with van der Waals surface area (Å²) in [4.78, 5) is 11.4. The highest BCUT2D eigenvalue weighted by molar-refractivity contribution is 5.82. The molecule has 7 heteroatoms. The molecule has 1 amide bonds. The van der Waals surface area contributed by atoms with Gasteiger partial charge in [-0.3, -0.25) is 4.79 Å². The van der Waals surface area contributed by atoms with Crippen LogP contribution in [0, 0.1) is 0 Å². The van der Waals surface area contributed by atoms with Gasteiger partial charge in [-0.25, -0.2) is 0 Å². The molecule has 1 rings (SSSR count). The Balaban J connectivity index is 2.80. The molecule has 0 aliphatic heterocycles. The van der Waals surface area contributed by atoms with Crippen molar-refractivity contribution in [1.29, 1.82) is 0 Å². The van der Waals surface area contributed by atoms with Gasteiger partial charge in [-0.15, -0.1) is 13.2 Å². The molecule has 0 saturated heterocycles. The Hall–Kier alpha value is -1.76. The molecule has 0 spiro atoms. The van der Waals surface area contributed by atoms with Gasteiger partial charge in [-0.1, -0.05) is 26.0 Å². The second-order valence-electron chi connectivity index (χ2n) is 4.63. The standard InChI is InChI=1S/C13H17F3N2O2/c1-8(2)18-7-11(12(17)19)9-3-5-10(6-4-9)20-13(14,15)16/h3-6,8,11,18H,7H2,1-2H3,(H2,17,19)/t11-/m1/s1. The van der Waals surface area contributed by atoms with Crippen molar-refractivity contribution in [3.8, 4) is 5.75 Å². The SMILES string of the molecule is CC(C)NC[C@@H](C(N)=O)c1ccc(OC(F)(F)F)cc1. The predicted molar refractivity (Wildman–Crippen MR) is 68.2 cm³/mol. The Labute approximate surface area is 115 Å². The summed E-state index contributed by atoms with van der Waals surface area (Å²) in [6.07, 6.45) is -4.73. The lowest BCUT2D eigenvalue weighted by Crippen LogP contribution is -2.34. The van der Waals surface area contributed by atoms with E-state index in [1.807, 2.05) is 13.8 Å². The minimum absolute atomic E-state index is 0.171. The number of hydrogen-bond donors (Lipinski definition) is 2. The number of ether oxygens (including phenoxy) is 1. The number of nitrogens with one attached hydrogen (secondary N) is 1. The van der Waals surface area contributed by atoms with Gasteiger partial charge in [0.1, 0.15) is 5.75 Å². The largest absolute Gasteiger partial charge is 0.573 e. The van der Waals surface area contributed by atoms with E-state index in [-0.39, 0.29) is 11.8 Å². The number of rotatable bonds is 6. The molecular formula is C13H17F3N2O2. The van der Waals surface area contributed by atoms with Crippen LogP contribution < -0.4 is 15.8 Å². The van der Waals surface area contributed by atoms with Gasteiger partial charge in [0.2, 0.25) is 5.91 Å². The van der Waals surface area contributed by atoms with E-state index >= 15 is 0 Å². The summed E-state index contributed by atoms with van der Waals surface area (Å²) >= 11 is 0. The maximum absolute atomic E-state index is 12.0. The van der Waals surface area contributed by atoms with Crippen LogP contribution in [-0.4, -0.2) is 24.9 Å². The molecule has 20 heavy (non-hydrogen) atoms. The highest BCUT2D eigenvalue weighted by atomic mass is 19.4. The molecule has 0 bridgehead atoms. The molecule has 0 fully saturated rings. The van der Waals surface area contributed by atoms with Crippen molar-refractivity contribution in [3.05, 3.63) is 29.8 Å². The number of benzene rings is 1. The molecule has 0 radical (unpaired) electrons. The number of alkyl halides is 3. The third kappa shape index (κ3) is 5.48.